The van der Waals surface area contributed by atoms with Crippen LogP contribution in [0.15, 0.2) is 35.5 Å². The summed E-state index contributed by atoms with van der Waals surface area (Å²) in [6.45, 7) is 0.335. The number of hydrogen-bond acceptors (Lipinski definition) is 2. The predicted octanol–water partition coefficient (Wildman–Crippen LogP) is 2.77. The molecule has 1 aromatic rings. The number of rotatable bonds is 2. The van der Waals surface area contributed by atoms with Crippen LogP contribution in [0.4, 0.5) is 0 Å². The maximum Gasteiger partial charge on any atom is 0.127 e. The van der Waals surface area contributed by atoms with E-state index in [0.717, 1.165) is 11.3 Å². The van der Waals surface area contributed by atoms with Crippen molar-refractivity contribution in [2.75, 3.05) is 6.54 Å². The average molecular weight is 187 g/mol. The lowest BCUT2D eigenvalue weighted by Gasteiger charge is -2.19. The second-order valence-electron chi connectivity index (χ2n) is 2.97. The van der Waals surface area contributed by atoms with Crippen LogP contribution in [0.2, 0.25) is 0 Å². The fourth-order valence-electron chi connectivity index (χ4n) is 1.35. The van der Waals surface area contributed by atoms with Gasteiger partial charge in [0.05, 0.1) is 6.54 Å². The van der Waals surface area contributed by atoms with Crippen molar-refractivity contribution < 1.29 is 4.74 Å². The largest absolute Gasteiger partial charge is 0.486 e. The van der Waals surface area contributed by atoms with E-state index >= 15 is 0 Å². The van der Waals surface area contributed by atoms with Gasteiger partial charge in [0.25, 0.3) is 0 Å². The van der Waals surface area contributed by atoms with Gasteiger partial charge in [0.15, 0.2) is 0 Å². The van der Waals surface area contributed by atoms with E-state index in [2.05, 4.69) is 10.0 Å². The van der Waals surface area contributed by atoms with Crippen LogP contribution in [0, 0.1) is 0 Å². The van der Waals surface area contributed by atoms with E-state index in [0.29, 0.717) is 6.54 Å². The van der Waals surface area contributed by atoms with Crippen LogP contribution in [0.5, 0.6) is 5.75 Å². The minimum absolute atomic E-state index is 0.138. The van der Waals surface area contributed by atoms with Crippen LogP contribution >= 0.6 is 0 Å². The molecule has 14 heavy (non-hydrogen) atoms. The minimum atomic E-state index is -0.138. The maximum atomic E-state index is 8.17. The minimum Gasteiger partial charge on any atom is -0.486 e. The first kappa shape index (κ1) is 8.66. The molecule has 70 valence electrons. The molecule has 1 heterocycles. The van der Waals surface area contributed by atoms with Gasteiger partial charge in [-0.3, -0.25) is 0 Å². The molecule has 4 heteroatoms. The SMILES string of the molecule is [N-]=[N+]=NC[C@H]1C=Cc2ccccc2O1. The third-order valence-electron chi connectivity index (χ3n) is 2.01. The Morgan fingerprint density at radius 3 is 3.14 bits per heavy atom. The molecule has 0 aliphatic carbocycles. The van der Waals surface area contributed by atoms with Gasteiger partial charge in [-0.1, -0.05) is 29.4 Å². The van der Waals surface area contributed by atoms with Crippen molar-refractivity contribution in [1.82, 2.24) is 0 Å². The van der Waals surface area contributed by atoms with Gasteiger partial charge in [-0.15, -0.1) is 0 Å². The predicted molar refractivity (Wildman–Crippen MR) is 53.9 cm³/mol. The smallest absolute Gasteiger partial charge is 0.127 e. The lowest BCUT2D eigenvalue weighted by molar-refractivity contribution is 0.253. The zero-order valence-corrected chi connectivity index (χ0v) is 7.50. The Bertz CT molecular complexity index is 408. The zero-order chi connectivity index (χ0) is 9.80. The van der Waals surface area contributed by atoms with Crippen LogP contribution in [-0.2, 0) is 0 Å². The fourth-order valence-corrected chi connectivity index (χ4v) is 1.35. The van der Waals surface area contributed by atoms with Crippen LogP contribution in [0.25, 0.3) is 16.5 Å². The van der Waals surface area contributed by atoms with E-state index in [9.17, 15) is 0 Å². The first-order chi connectivity index (χ1) is 6.90. The summed E-state index contributed by atoms with van der Waals surface area (Å²) in [5, 5.41) is 3.47. The normalized spacial score (nSPS) is 17.9. The van der Waals surface area contributed by atoms with Gasteiger partial charge in [0, 0.05) is 10.5 Å². The number of nitrogens with zero attached hydrogens (tertiary/aromatic N) is 3. The monoisotopic (exact) mass is 187 g/mol. The molecule has 0 unspecified atom stereocenters. The summed E-state index contributed by atoms with van der Waals surface area (Å²) in [6.07, 6.45) is 3.74. The highest BCUT2D eigenvalue weighted by Gasteiger charge is 2.12. The van der Waals surface area contributed by atoms with E-state index in [-0.39, 0.29) is 6.10 Å². The van der Waals surface area contributed by atoms with Crippen molar-refractivity contribution in [3.8, 4) is 5.75 Å². The van der Waals surface area contributed by atoms with Crippen molar-refractivity contribution >= 4 is 6.08 Å². The summed E-state index contributed by atoms with van der Waals surface area (Å²) in [7, 11) is 0. The molecule has 0 fully saturated rings. The Morgan fingerprint density at radius 1 is 1.43 bits per heavy atom. The number of ether oxygens (including phenoxy) is 1. The number of para-hydroxylation sites is 1. The molecule has 1 atom stereocenters. The maximum absolute atomic E-state index is 8.17. The molecule has 4 nitrogen and oxygen atoms in total. The molecule has 2 rings (SSSR count). The Labute approximate surface area is 81.4 Å². The highest BCUT2D eigenvalue weighted by molar-refractivity contribution is 5.59. The first-order valence-corrected chi connectivity index (χ1v) is 4.35. The lowest BCUT2D eigenvalue weighted by atomic mass is 10.1. The summed E-state index contributed by atoms with van der Waals surface area (Å²) >= 11 is 0. The number of benzene rings is 1. The van der Waals surface area contributed by atoms with Crippen molar-refractivity contribution in [2.24, 2.45) is 5.11 Å². The molecule has 0 spiro atoms. The Morgan fingerprint density at radius 2 is 2.29 bits per heavy atom. The second kappa shape index (κ2) is 3.85. The summed E-state index contributed by atoms with van der Waals surface area (Å²) in [6, 6.07) is 7.76. The molecule has 1 aromatic carbocycles. The Kier molecular flexibility index (Phi) is 2.38. The first-order valence-electron chi connectivity index (χ1n) is 4.35. The quantitative estimate of drug-likeness (QED) is 0.399. The summed E-state index contributed by atoms with van der Waals surface area (Å²) in [5.41, 5.74) is 9.23. The summed E-state index contributed by atoms with van der Waals surface area (Å²) < 4.78 is 5.58. The molecule has 0 saturated carbocycles. The summed E-state index contributed by atoms with van der Waals surface area (Å²) in [4.78, 5) is 2.70. The van der Waals surface area contributed by atoms with E-state index in [4.69, 9.17) is 10.3 Å². The topological polar surface area (TPSA) is 58.0 Å². The number of azide groups is 1. The molecule has 0 aromatic heterocycles. The third-order valence-corrected chi connectivity index (χ3v) is 2.01. The number of hydrogen-bond donors (Lipinski definition) is 0. The second-order valence-corrected chi connectivity index (χ2v) is 2.97. The molecule has 1 aliphatic heterocycles. The average Bonchev–Trinajstić information content (AvgIpc) is 2.26. The van der Waals surface area contributed by atoms with Crippen LogP contribution < -0.4 is 4.74 Å². The van der Waals surface area contributed by atoms with Crippen molar-refractivity contribution in [3.05, 3.63) is 46.3 Å². The van der Waals surface area contributed by atoms with Gasteiger partial charge in [0.2, 0.25) is 0 Å². The van der Waals surface area contributed by atoms with Crippen molar-refractivity contribution in [2.45, 2.75) is 6.10 Å². The summed E-state index contributed by atoms with van der Waals surface area (Å²) in [5.74, 6) is 0.841. The number of fused-ring (bicyclic) bond motifs is 1. The van der Waals surface area contributed by atoms with E-state index in [1.54, 1.807) is 0 Å². The van der Waals surface area contributed by atoms with E-state index < -0.39 is 0 Å². The van der Waals surface area contributed by atoms with Gasteiger partial charge in [-0.2, -0.15) is 0 Å². The molecule has 0 amide bonds. The molecular formula is C10H9N3O. The highest BCUT2D eigenvalue weighted by Crippen LogP contribution is 2.25. The van der Waals surface area contributed by atoms with Gasteiger partial charge < -0.3 is 4.74 Å². The molecule has 0 saturated heterocycles. The van der Waals surface area contributed by atoms with Gasteiger partial charge in [0.1, 0.15) is 11.9 Å². The third kappa shape index (κ3) is 1.70. The highest BCUT2D eigenvalue weighted by atomic mass is 16.5. The van der Waals surface area contributed by atoms with Crippen LogP contribution in [-0.4, -0.2) is 12.6 Å². The molecule has 0 bridgehead atoms. The molecule has 0 radical (unpaired) electrons. The molecule has 1 aliphatic rings. The van der Waals surface area contributed by atoms with Crippen molar-refractivity contribution in [3.63, 3.8) is 0 Å². The van der Waals surface area contributed by atoms with Crippen molar-refractivity contribution in [1.29, 1.82) is 0 Å². The van der Waals surface area contributed by atoms with Gasteiger partial charge in [-0.05, 0) is 17.7 Å². The van der Waals surface area contributed by atoms with Gasteiger partial charge in [-0.25, -0.2) is 0 Å². The Hall–Kier alpha value is -1.93. The van der Waals surface area contributed by atoms with E-state index in [1.807, 2.05) is 36.4 Å². The van der Waals surface area contributed by atoms with Crippen LogP contribution in [0.1, 0.15) is 5.56 Å². The fraction of sp³-hybridized carbons (Fsp3) is 0.200. The van der Waals surface area contributed by atoms with Gasteiger partial charge >= 0.3 is 0 Å². The standard InChI is InChI=1S/C10H9N3O/c11-13-12-7-9-6-5-8-3-1-2-4-10(8)14-9/h1-6,9H,7H2/t9-/m1/s1. The van der Waals surface area contributed by atoms with Crippen LogP contribution in [0.3, 0.4) is 0 Å². The van der Waals surface area contributed by atoms with E-state index in [1.165, 1.54) is 0 Å². The molecular weight excluding hydrogens is 178 g/mol. The lowest BCUT2D eigenvalue weighted by Crippen LogP contribution is -2.19. The molecule has 0 N–H and O–H groups in total. The Balaban J connectivity index is 2.17. The zero-order valence-electron chi connectivity index (χ0n) is 7.50.